The van der Waals surface area contributed by atoms with Crippen molar-refractivity contribution in [1.29, 1.82) is 0 Å². The fourth-order valence-corrected chi connectivity index (χ4v) is 3.94. The maximum absolute atomic E-state index is 14.7. The van der Waals surface area contributed by atoms with Crippen molar-refractivity contribution in [2.45, 2.75) is 24.9 Å². The first-order valence-electron chi connectivity index (χ1n) is 10.9. The molecular weight excluding hydrogens is 519 g/mol. The van der Waals surface area contributed by atoms with Gasteiger partial charge in [-0.25, -0.2) is 18.4 Å². The van der Waals surface area contributed by atoms with E-state index >= 15 is 0 Å². The van der Waals surface area contributed by atoms with Crippen LogP contribution >= 0.6 is 11.6 Å². The molecule has 6 nitrogen and oxygen atoms in total. The first-order valence-corrected chi connectivity index (χ1v) is 11.2. The minimum Gasteiger partial charge on any atom is -0.484 e. The van der Waals surface area contributed by atoms with Gasteiger partial charge in [0.15, 0.2) is 6.61 Å². The fourth-order valence-electron chi connectivity index (χ4n) is 3.69. The highest BCUT2D eigenvalue weighted by Crippen LogP contribution is 2.31. The van der Waals surface area contributed by atoms with Gasteiger partial charge >= 0.3 is 6.18 Å². The smallest absolute Gasteiger partial charge is 0.422 e. The van der Waals surface area contributed by atoms with Gasteiger partial charge in [0.2, 0.25) is 0 Å². The number of hydrogen-bond donors (Lipinski definition) is 1. The number of halogens is 6. The third kappa shape index (κ3) is 6.75. The summed E-state index contributed by atoms with van der Waals surface area (Å²) in [7, 11) is 0. The van der Waals surface area contributed by atoms with Gasteiger partial charge in [0.25, 0.3) is 0 Å². The average Bonchev–Trinajstić information content (AvgIpc) is 3.46. The average molecular weight is 539 g/mol. The summed E-state index contributed by atoms with van der Waals surface area (Å²) in [6, 6.07) is 10.6. The van der Waals surface area contributed by atoms with E-state index in [9.17, 15) is 27.1 Å². The number of benzene rings is 2. The molecule has 0 saturated heterocycles. The zero-order valence-electron chi connectivity index (χ0n) is 19.0. The normalized spacial score (nSPS) is 13.7. The molecular formula is C25H20ClF5N4O2. The molecule has 0 aliphatic rings. The molecule has 0 bridgehead atoms. The van der Waals surface area contributed by atoms with Crippen LogP contribution in [0.3, 0.4) is 0 Å². The monoisotopic (exact) mass is 538 g/mol. The van der Waals surface area contributed by atoms with Gasteiger partial charge in [-0.15, -0.1) is 0 Å². The summed E-state index contributed by atoms with van der Waals surface area (Å²) in [6.07, 6.45) is 3.18. The fraction of sp³-hybridized carbons (Fsp3) is 0.200. The Morgan fingerprint density at radius 3 is 2.41 bits per heavy atom. The molecule has 0 saturated carbocycles. The van der Waals surface area contributed by atoms with Crippen molar-refractivity contribution in [2.75, 3.05) is 6.61 Å². The summed E-state index contributed by atoms with van der Waals surface area (Å²) in [5, 5.41) is 15.7. The van der Waals surface area contributed by atoms with Crippen LogP contribution in [-0.2, 0) is 18.7 Å². The second-order valence-corrected chi connectivity index (χ2v) is 8.60. The molecule has 1 unspecified atom stereocenters. The van der Waals surface area contributed by atoms with Crippen molar-refractivity contribution in [3.8, 4) is 5.75 Å². The van der Waals surface area contributed by atoms with Gasteiger partial charge in [-0.2, -0.15) is 18.3 Å². The Hall–Kier alpha value is -3.70. The van der Waals surface area contributed by atoms with Crippen LogP contribution in [0.2, 0.25) is 5.15 Å². The summed E-state index contributed by atoms with van der Waals surface area (Å²) in [5.74, 6) is -1.62. The summed E-state index contributed by atoms with van der Waals surface area (Å²) in [6.45, 7) is -1.75. The molecule has 0 amide bonds. The highest BCUT2D eigenvalue weighted by atomic mass is 35.5. The van der Waals surface area contributed by atoms with Gasteiger partial charge in [0, 0.05) is 23.4 Å². The second kappa shape index (κ2) is 10.7. The van der Waals surface area contributed by atoms with E-state index in [2.05, 4.69) is 10.1 Å². The van der Waals surface area contributed by atoms with Crippen LogP contribution in [0.15, 0.2) is 67.4 Å². The molecule has 0 fully saturated rings. The molecule has 2 aromatic heterocycles. The predicted molar refractivity (Wildman–Crippen MR) is 127 cm³/mol. The Morgan fingerprint density at radius 1 is 1.00 bits per heavy atom. The largest absolute Gasteiger partial charge is 0.484 e. The van der Waals surface area contributed by atoms with E-state index in [-0.39, 0.29) is 29.6 Å². The standard InChI is InChI=1S/C25H20ClF5N4O2/c26-23-18(4-1-17-2-6-20(7-3-17)37-14-25(29,30)31)9-10-34(23)12-24(36,13-35-16-32-15-33-35)21-8-5-19(27)11-22(21)28/h1-11,15-16,36H,12-14H2/b4-1+. The molecule has 4 aromatic rings. The number of rotatable bonds is 9. The Bertz CT molecular complexity index is 1370. The maximum atomic E-state index is 14.7. The predicted octanol–water partition coefficient (Wildman–Crippen LogP) is 5.71. The van der Waals surface area contributed by atoms with Crippen molar-refractivity contribution >= 4 is 23.8 Å². The second-order valence-electron chi connectivity index (χ2n) is 8.24. The zero-order chi connectivity index (χ0) is 26.6. The third-order valence-electron chi connectivity index (χ3n) is 5.42. The molecule has 37 heavy (non-hydrogen) atoms. The van der Waals surface area contributed by atoms with Crippen LogP contribution in [0.1, 0.15) is 16.7 Å². The number of ether oxygens (including phenoxy) is 1. The van der Waals surface area contributed by atoms with Crippen molar-refractivity contribution in [1.82, 2.24) is 19.3 Å². The summed E-state index contributed by atoms with van der Waals surface area (Å²) >= 11 is 6.53. The van der Waals surface area contributed by atoms with E-state index in [4.69, 9.17) is 16.3 Å². The summed E-state index contributed by atoms with van der Waals surface area (Å²) in [4.78, 5) is 3.83. The number of hydrogen-bond acceptors (Lipinski definition) is 4. The van der Waals surface area contributed by atoms with Crippen molar-refractivity contribution < 1.29 is 31.8 Å². The van der Waals surface area contributed by atoms with E-state index < -0.39 is 30.0 Å². The van der Waals surface area contributed by atoms with E-state index in [1.807, 2.05) is 0 Å². The molecule has 194 valence electrons. The van der Waals surface area contributed by atoms with Gasteiger partial charge in [-0.05, 0) is 29.8 Å². The number of aromatic nitrogens is 4. The molecule has 2 heterocycles. The highest BCUT2D eigenvalue weighted by molar-refractivity contribution is 6.31. The van der Waals surface area contributed by atoms with E-state index in [0.717, 1.165) is 6.07 Å². The molecule has 0 radical (unpaired) electrons. The molecule has 0 aliphatic heterocycles. The van der Waals surface area contributed by atoms with Crippen LogP contribution in [0.25, 0.3) is 12.2 Å². The van der Waals surface area contributed by atoms with E-state index in [1.165, 1.54) is 40.1 Å². The van der Waals surface area contributed by atoms with Gasteiger partial charge in [0.1, 0.15) is 40.8 Å². The van der Waals surface area contributed by atoms with Crippen LogP contribution in [0.4, 0.5) is 22.0 Å². The first-order chi connectivity index (χ1) is 17.5. The highest BCUT2D eigenvalue weighted by Gasteiger charge is 2.35. The Morgan fingerprint density at radius 2 is 1.76 bits per heavy atom. The Balaban J connectivity index is 1.53. The van der Waals surface area contributed by atoms with Crippen molar-refractivity contribution in [3.63, 3.8) is 0 Å². The van der Waals surface area contributed by atoms with E-state index in [0.29, 0.717) is 17.2 Å². The Kier molecular flexibility index (Phi) is 7.65. The zero-order valence-corrected chi connectivity index (χ0v) is 19.8. The van der Waals surface area contributed by atoms with Gasteiger partial charge in [-0.3, -0.25) is 0 Å². The SMILES string of the molecule is OC(Cn1cncn1)(Cn1ccc(/C=C/c2ccc(OCC(F)(F)F)cc2)c1Cl)c1ccc(F)cc1F. The van der Waals surface area contributed by atoms with Crippen LogP contribution < -0.4 is 4.74 Å². The van der Waals surface area contributed by atoms with Crippen molar-refractivity contribution in [3.05, 3.63) is 101 Å². The number of nitrogens with zero attached hydrogens (tertiary/aromatic N) is 4. The summed E-state index contributed by atoms with van der Waals surface area (Å²) < 4.78 is 72.6. The quantitative estimate of drug-likeness (QED) is 0.277. The van der Waals surface area contributed by atoms with Gasteiger partial charge in [0.05, 0.1) is 13.1 Å². The lowest BCUT2D eigenvalue weighted by Crippen LogP contribution is -2.37. The third-order valence-corrected chi connectivity index (χ3v) is 5.85. The molecule has 0 spiro atoms. The molecule has 1 N–H and O–H groups in total. The van der Waals surface area contributed by atoms with Crippen molar-refractivity contribution in [2.24, 2.45) is 0 Å². The number of aliphatic hydroxyl groups is 1. The molecule has 12 heteroatoms. The minimum absolute atomic E-state index is 0.0818. The minimum atomic E-state index is -4.42. The lowest BCUT2D eigenvalue weighted by atomic mass is 9.92. The van der Waals surface area contributed by atoms with Gasteiger partial charge in [-0.1, -0.05) is 42.0 Å². The Labute approximate surface area is 213 Å². The van der Waals surface area contributed by atoms with Crippen LogP contribution in [0.5, 0.6) is 5.75 Å². The molecule has 1 atom stereocenters. The maximum Gasteiger partial charge on any atom is 0.422 e. The number of alkyl halides is 3. The summed E-state index contributed by atoms with van der Waals surface area (Å²) in [5.41, 5.74) is -0.749. The lowest BCUT2D eigenvalue weighted by molar-refractivity contribution is -0.153. The topological polar surface area (TPSA) is 65.1 Å². The molecule has 2 aromatic carbocycles. The molecule has 4 rings (SSSR count). The molecule has 0 aliphatic carbocycles. The van der Waals surface area contributed by atoms with Gasteiger partial charge < -0.3 is 14.4 Å². The lowest BCUT2D eigenvalue weighted by Gasteiger charge is -2.30. The van der Waals surface area contributed by atoms with Crippen LogP contribution in [-0.4, -0.2) is 37.2 Å². The van der Waals surface area contributed by atoms with Crippen LogP contribution in [0, 0.1) is 11.6 Å². The van der Waals surface area contributed by atoms with E-state index in [1.54, 1.807) is 36.5 Å². The first kappa shape index (κ1) is 26.4.